The van der Waals surface area contributed by atoms with Crippen LogP contribution in [0.2, 0.25) is 0 Å². The van der Waals surface area contributed by atoms with E-state index in [1.54, 1.807) is 0 Å². The lowest BCUT2D eigenvalue weighted by Crippen LogP contribution is -2.10. The van der Waals surface area contributed by atoms with E-state index in [4.69, 9.17) is 10.3 Å². The van der Waals surface area contributed by atoms with Crippen LogP contribution in [0.15, 0.2) is 4.52 Å². The fourth-order valence-electron chi connectivity index (χ4n) is 1.16. The summed E-state index contributed by atoms with van der Waals surface area (Å²) < 4.78 is 5.14. The Hall–Kier alpha value is -1.10. The maximum absolute atomic E-state index is 5.43. The normalized spacial score (nSPS) is 12.9. The van der Waals surface area contributed by atoms with Gasteiger partial charge in [0.15, 0.2) is 0 Å². The molecular weight excluding hydrogens is 180 g/mol. The fraction of sp³-hybridized carbons (Fsp3) is 0.778. The predicted octanol–water partition coefficient (Wildman–Crippen LogP) is 0.978. The molecule has 0 amide bonds. The van der Waals surface area contributed by atoms with Gasteiger partial charge in [-0.05, 0) is 24.5 Å². The molecule has 5 heteroatoms. The fourth-order valence-corrected chi connectivity index (χ4v) is 1.16. The lowest BCUT2D eigenvalue weighted by atomic mass is 10.1. The molecule has 1 atom stereocenters. The number of hydrogen-bond donors (Lipinski definition) is 1. The van der Waals surface area contributed by atoms with Crippen molar-refractivity contribution in [3.05, 3.63) is 5.89 Å². The Labute approximate surface area is 84.3 Å². The van der Waals surface area contributed by atoms with Gasteiger partial charge >= 0.3 is 0 Å². The Morgan fingerprint density at radius 1 is 1.50 bits per heavy atom. The van der Waals surface area contributed by atoms with E-state index in [9.17, 15) is 0 Å². The molecule has 14 heavy (non-hydrogen) atoms. The van der Waals surface area contributed by atoms with Gasteiger partial charge in [0.25, 0.3) is 5.95 Å². The highest BCUT2D eigenvalue weighted by molar-refractivity contribution is 5.24. The molecule has 0 aliphatic carbocycles. The standard InChI is InChI=1S/C9H18N4O/c1-7(5-4-6-10)8-11-9(12-14-8)13(2)3/h7H,4-6,10H2,1-3H3. The summed E-state index contributed by atoms with van der Waals surface area (Å²) in [6.45, 7) is 2.78. The Morgan fingerprint density at radius 3 is 2.71 bits per heavy atom. The van der Waals surface area contributed by atoms with Crippen LogP contribution in [0.25, 0.3) is 0 Å². The monoisotopic (exact) mass is 198 g/mol. The summed E-state index contributed by atoms with van der Waals surface area (Å²) in [5, 5.41) is 3.85. The minimum atomic E-state index is 0.291. The van der Waals surface area contributed by atoms with Gasteiger partial charge in [0.1, 0.15) is 0 Å². The van der Waals surface area contributed by atoms with Crippen molar-refractivity contribution in [2.24, 2.45) is 5.73 Å². The molecule has 0 fully saturated rings. The molecule has 0 radical (unpaired) electrons. The summed E-state index contributed by atoms with van der Waals surface area (Å²) in [7, 11) is 3.78. The van der Waals surface area contributed by atoms with Crippen LogP contribution in [-0.4, -0.2) is 30.8 Å². The van der Waals surface area contributed by atoms with Crippen LogP contribution in [0.5, 0.6) is 0 Å². The zero-order valence-electron chi connectivity index (χ0n) is 9.03. The van der Waals surface area contributed by atoms with Gasteiger partial charge in [-0.2, -0.15) is 4.98 Å². The lowest BCUT2D eigenvalue weighted by molar-refractivity contribution is 0.352. The first kappa shape index (κ1) is 11.0. The van der Waals surface area contributed by atoms with Crippen LogP contribution in [-0.2, 0) is 0 Å². The van der Waals surface area contributed by atoms with Crippen molar-refractivity contribution in [3.8, 4) is 0 Å². The quantitative estimate of drug-likeness (QED) is 0.763. The van der Waals surface area contributed by atoms with Gasteiger partial charge in [-0.3, -0.25) is 0 Å². The molecule has 0 spiro atoms. The van der Waals surface area contributed by atoms with E-state index in [2.05, 4.69) is 17.1 Å². The molecule has 1 aromatic rings. The van der Waals surface area contributed by atoms with E-state index in [1.165, 1.54) is 0 Å². The second-order valence-corrected chi connectivity index (χ2v) is 3.66. The molecule has 2 N–H and O–H groups in total. The number of rotatable bonds is 5. The molecule has 1 aromatic heterocycles. The molecule has 1 unspecified atom stereocenters. The van der Waals surface area contributed by atoms with Crippen LogP contribution in [0, 0.1) is 0 Å². The van der Waals surface area contributed by atoms with Gasteiger partial charge < -0.3 is 15.2 Å². The highest BCUT2D eigenvalue weighted by atomic mass is 16.5. The van der Waals surface area contributed by atoms with E-state index < -0.39 is 0 Å². The Bertz CT molecular complexity index is 272. The third-order valence-electron chi connectivity index (χ3n) is 2.09. The maximum atomic E-state index is 5.43. The van der Waals surface area contributed by atoms with Crippen molar-refractivity contribution in [1.82, 2.24) is 10.1 Å². The molecular formula is C9H18N4O. The summed E-state index contributed by atoms with van der Waals surface area (Å²) >= 11 is 0. The van der Waals surface area contributed by atoms with E-state index in [1.807, 2.05) is 19.0 Å². The van der Waals surface area contributed by atoms with Crippen molar-refractivity contribution < 1.29 is 4.52 Å². The van der Waals surface area contributed by atoms with Crippen LogP contribution in [0.3, 0.4) is 0 Å². The van der Waals surface area contributed by atoms with Gasteiger partial charge in [-0.15, -0.1) is 0 Å². The van der Waals surface area contributed by atoms with Gasteiger partial charge in [-0.1, -0.05) is 6.92 Å². The minimum absolute atomic E-state index is 0.291. The Balaban J connectivity index is 2.57. The summed E-state index contributed by atoms with van der Waals surface area (Å²) in [6, 6.07) is 0. The number of aromatic nitrogens is 2. The lowest BCUT2D eigenvalue weighted by Gasteiger charge is -2.04. The molecule has 0 aliphatic rings. The van der Waals surface area contributed by atoms with Crippen molar-refractivity contribution in [3.63, 3.8) is 0 Å². The van der Waals surface area contributed by atoms with Gasteiger partial charge in [0.2, 0.25) is 5.89 Å². The summed E-state index contributed by atoms with van der Waals surface area (Å²) in [6.07, 6.45) is 1.98. The molecule has 0 bridgehead atoms. The predicted molar refractivity (Wildman–Crippen MR) is 55.3 cm³/mol. The van der Waals surface area contributed by atoms with Gasteiger partial charge in [0.05, 0.1) is 0 Å². The molecule has 0 saturated carbocycles. The summed E-state index contributed by atoms with van der Waals surface area (Å²) in [5.74, 6) is 1.61. The molecule has 0 aliphatic heterocycles. The second kappa shape index (κ2) is 4.95. The number of nitrogens with two attached hydrogens (primary N) is 1. The molecule has 1 heterocycles. The largest absolute Gasteiger partial charge is 0.344 e. The van der Waals surface area contributed by atoms with Gasteiger partial charge in [0, 0.05) is 20.0 Å². The van der Waals surface area contributed by atoms with Crippen LogP contribution >= 0.6 is 0 Å². The number of nitrogens with zero attached hydrogens (tertiary/aromatic N) is 3. The van der Waals surface area contributed by atoms with Crippen LogP contribution < -0.4 is 10.6 Å². The second-order valence-electron chi connectivity index (χ2n) is 3.66. The zero-order valence-corrected chi connectivity index (χ0v) is 9.03. The molecule has 80 valence electrons. The first-order valence-corrected chi connectivity index (χ1v) is 4.86. The SMILES string of the molecule is CC(CCCN)c1nc(N(C)C)no1. The third kappa shape index (κ3) is 2.70. The van der Waals surface area contributed by atoms with E-state index >= 15 is 0 Å². The molecule has 1 rings (SSSR count). The minimum Gasteiger partial charge on any atom is -0.344 e. The average Bonchev–Trinajstić information content (AvgIpc) is 2.62. The number of anilines is 1. The smallest absolute Gasteiger partial charge is 0.265 e. The first-order chi connectivity index (χ1) is 6.65. The van der Waals surface area contributed by atoms with E-state index in [0.29, 0.717) is 24.3 Å². The molecule has 0 aromatic carbocycles. The topological polar surface area (TPSA) is 68.2 Å². The highest BCUT2D eigenvalue weighted by Crippen LogP contribution is 2.19. The van der Waals surface area contributed by atoms with Crippen molar-refractivity contribution >= 4 is 5.95 Å². The molecule has 5 nitrogen and oxygen atoms in total. The Kier molecular flexibility index (Phi) is 3.88. The van der Waals surface area contributed by atoms with Crippen molar-refractivity contribution in [2.45, 2.75) is 25.7 Å². The van der Waals surface area contributed by atoms with Gasteiger partial charge in [-0.25, -0.2) is 0 Å². The summed E-state index contributed by atoms with van der Waals surface area (Å²) in [5.41, 5.74) is 5.43. The molecule has 0 saturated heterocycles. The van der Waals surface area contributed by atoms with Crippen LogP contribution in [0.4, 0.5) is 5.95 Å². The van der Waals surface area contributed by atoms with Crippen molar-refractivity contribution in [1.29, 1.82) is 0 Å². The van der Waals surface area contributed by atoms with E-state index in [-0.39, 0.29) is 0 Å². The first-order valence-electron chi connectivity index (χ1n) is 4.86. The van der Waals surface area contributed by atoms with Crippen LogP contribution in [0.1, 0.15) is 31.6 Å². The third-order valence-corrected chi connectivity index (χ3v) is 2.09. The number of hydrogen-bond acceptors (Lipinski definition) is 5. The van der Waals surface area contributed by atoms with Crippen molar-refractivity contribution in [2.75, 3.05) is 25.5 Å². The Morgan fingerprint density at radius 2 is 2.21 bits per heavy atom. The van der Waals surface area contributed by atoms with E-state index in [0.717, 1.165) is 12.8 Å². The zero-order chi connectivity index (χ0) is 10.6. The highest BCUT2D eigenvalue weighted by Gasteiger charge is 2.14. The average molecular weight is 198 g/mol. The maximum Gasteiger partial charge on any atom is 0.265 e. The summed E-state index contributed by atoms with van der Waals surface area (Å²) in [4.78, 5) is 6.09.